The molecule has 1 fully saturated rings. The molecule has 2 N–H and O–H groups in total. The molecule has 1 rings (SSSR count). The van der Waals surface area contributed by atoms with Gasteiger partial charge in [0.05, 0.1) is 0 Å². The van der Waals surface area contributed by atoms with Crippen LogP contribution in [0.25, 0.3) is 0 Å². The summed E-state index contributed by atoms with van der Waals surface area (Å²) in [6.45, 7) is 4.25. The standard InChI is InChI=1S/C12H22F3N3O/c1-9(16)3-4-11(19)18-7-5-17(6-8-18)10(2)12(13,14)15/h9-10H,3-8,16H2,1-2H3. The highest BCUT2D eigenvalue weighted by Crippen LogP contribution is 2.25. The zero-order chi connectivity index (χ0) is 14.6. The van der Waals surface area contributed by atoms with Gasteiger partial charge in [-0.25, -0.2) is 0 Å². The quantitative estimate of drug-likeness (QED) is 0.842. The molecule has 2 atom stereocenters. The predicted molar refractivity (Wildman–Crippen MR) is 66.6 cm³/mol. The second-order valence-corrected chi connectivity index (χ2v) is 5.15. The van der Waals surface area contributed by atoms with Crippen molar-refractivity contribution in [3.05, 3.63) is 0 Å². The van der Waals surface area contributed by atoms with Crippen molar-refractivity contribution in [1.29, 1.82) is 0 Å². The molecular weight excluding hydrogens is 259 g/mol. The SMILES string of the molecule is CC(N)CCC(=O)N1CCN(C(C)C(F)(F)F)CC1. The number of carbonyl (C=O) groups is 1. The van der Waals surface area contributed by atoms with Crippen molar-refractivity contribution >= 4 is 5.91 Å². The third-order valence-electron chi connectivity index (χ3n) is 3.50. The molecule has 4 nitrogen and oxygen atoms in total. The number of halogens is 3. The summed E-state index contributed by atoms with van der Waals surface area (Å²) in [5.74, 6) is -0.0170. The lowest BCUT2D eigenvalue weighted by molar-refractivity contribution is -0.183. The number of rotatable bonds is 4. The van der Waals surface area contributed by atoms with Gasteiger partial charge in [0, 0.05) is 38.6 Å². The molecule has 0 radical (unpaired) electrons. The van der Waals surface area contributed by atoms with Gasteiger partial charge in [0.1, 0.15) is 6.04 Å². The molecular formula is C12H22F3N3O. The summed E-state index contributed by atoms with van der Waals surface area (Å²) in [6.07, 6.45) is -3.23. The number of alkyl halides is 3. The average molecular weight is 281 g/mol. The molecule has 2 unspecified atom stereocenters. The van der Waals surface area contributed by atoms with E-state index in [1.54, 1.807) is 4.90 Å². The fourth-order valence-corrected chi connectivity index (χ4v) is 2.07. The molecule has 0 aliphatic carbocycles. The Hall–Kier alpha value is -0.820. The van der Waals surface area contributed by atoms with Crippen LogP contribution < -0.4 is 5.73 Å². The molecule has 0 aromatic rings. The largest absolute Gasteiger partial charge is 0.403 e. The Morgan fingerprint density at radius 3 is 2.16 bits per heavy atom. The summed E-state index contributed by atoms with van der Waals surface area (Å²) in [5.41, 5.74) is 5.58. The van der Waals surface area contributed by atoms with Crippen molar-refractivity contribution in [2.75, 3.05) is 26.2 Å². The Kier molecular flexibility index (Phi) is 5.61. The fraction of sp³-hybridized carbons (Fsp3) is 0.917. The van der Waals surface area contributed by atoms with E-state index in [0.717, 1.165) is 6.92 Å². The Morgan fingerprint density at radius 2 is 1.74 bits per heavy atom. The summed E-state index contributed by atoms with van der Waals surface area (Å²) in [4.78, 5) is 14.8. The number of nitrogens with zero attached hydrogens (tertiary/aromatic N) is 2. The van der Waals surface area contributed by atoms with Gasteiger partial charge in [-0.3, -0.25) is 9.69 Å². The van der Waals surface area contributed by atoms with Crippen LogP contribution >= 0.6 is 0 Å². The molecule has 1 amide bonds. The molecule has 1 heterocycles. The summed E-state index contributed by atoms with van der Waals surface area (Å²) in [5, 5.41) is 0. The highest BCUT2D eigenvalue weighted by atomic mass is 19.4. The van der Waals surface area contributed by atoms with E-state index < -0.39 is 12.2 Å². The molecule has 1 aliphatic heterocycles. The number of hydrogen-bond donors (Lipinski definition) is 1. The van der Waals surface area contributed by atoms with Crippen LogP contribution in [0, 0.1) is 0 Å². The highest BCUT2D eigenvalue weighted by Gasteiger charge is 2.41. The summed E-state index contributed by atoms with van der Waals surface area (Å²) in [7, 11) is 0. The second-order valence-electron chi connectivity index (χ2n) is 5.15. The van der Waals surface area contributed by atoms with Crippen molar-refractivity contribution in [3.8, 4) is 0 Å². The van der Waals surface area contributed by atoms with E-state index in [9.17, 15) is 18.0 Å². The maximum absolute atomic E-state index is 12.6. The van der Waals surface area contributed by atoms with E-state index in [1.165, 1.54) is 4.90 Å². The Bertz CT molecular complexity index is 299. The molecule has 0 spiro atoms. The van der Waals surface area contributed by atoms with Gasteiger partial charge in [-0.1, -0.05) is 0 Å². The third kappa shape index (κ3) is 4.99. The molecule has 0 aromatic heterocycles. The zero-order valence-corrected chi connectivity index (χ0v) is 11.4. The second kappa shape index (κ2) is 6.56. The number of carbonyl (C=O) groups excluding carboxylic acids is 1. The highest BCUT2D eigenvalue weighted by molar-refractivity contribution is 5.76. The van der Waals surface area contributed by atoms with Gasteiger partial charge in [-0.05, 0) is 20.3 Å². The van der Waals surface area contributed by atoms with E-state index in [2.05, 4.69) is 0 Å². The van der Waals surface area contributed by atoms with Crippen molar-refractivity contribution in [3.63, 3.8) is 0 Å². The van der Waals surface area contributed by atoms with Crippen LogP contribution in [-0.2, 0) is 4.79 Å². The summed E-state index contributed by atoms with van der Waals surface area (Å²) in [6, 6.07) is -1.48. The van der Waals surface area contributed by atoms with E-state index in [4.69, 9.17) is 5.73 Å². The van der Waals surface area contributed by atoms with Gasteiger partial charge in [-0.2, -0.15) is 13.2 Å². The Labute approximate surface area is 111 Å². The lowest BCUT2D eigenvalue weighted by atomic mass is 10.1. The molecule has 112 valence electrons. The normalized spacial score (nSPS) is 21.3. The molecule has 19 heavy (non-hydrogen) atoms. The first-order valence-corrected chi connectivity index (χ1v) is 6.56. The maximum atomic E-state index is 12.6. The molecule has 7 heteroatoms. The number of nitrogens with two attached hydrogens (primary N) is 1. The third-order valence-corrected chi connectivity index (χ3v) is 3.50. The first-order valence-electron chi connectivity index (χ1n) is 6.56. The number of piperazine rings is 1. The van der Waals surface area contributed by atoms with E-state index in [1.807, 2.05) is 6.92 Å². The van der Waals surface area contributed by atoms with E-state index in [-0.39, 0.29) is 25.0 Å². The lowest BCUT2D eigenvalue weighted by Gasteiger charge is -2.38. The predicted octanol–water partition coefficient (Wildman–Crippen LogP) is 1.21. The molecule has 0 bridgehead atoms. The minimum atomic E-state index is -4.21. The average Bonchev–Trinajstić information content (AvgIpc) is 2.34. The zero-order valence-electron chi connectivity index (χ0n) is 11.4. The minimum absolute atomic E-state index is 0.0170. The van der Waals surface area contributed by atoms with Crippen LogP contribution in [0.3, 0.4) is 0 Å². The first-order chi connectivity index (χ1) is 8.71. The monoisotopic (exact) mass is 281 g/mol. The van der Waals surface area contributed by atoms with Crippen molar-refractivity contribution in [1.82, 2.24) is 9.80 Å². The number of amides is 1. The van der Waals surface area contributed by atoms with Crippen LogP contribution in [0.2, 0.25) is 0 Å². The topological polar surface area (TPSA) is 49.6 Å². The first kappa shape index (κ1) is 16.2. The van der Waals surface area contributed by atoms with Gasteiger partial charge in [0.2, 0.25) is 5.91 Å². The van der Waals surface area contributed by atoms with Gasteiger partial charge in [0.25, 0.3) is 0 Å². The van der Waals surface area contributed by atoms with Gasteiger partial charge >= 0.3 is 6.18 Å². The van der Waals surface area contributed by atoms with Crippen LogP contribution in [0.15, 0.2) is 0 Å². The van der Waals surface area contributed by atoms with Crippen molar-refractivity contribution in [2.24, 2.45) is 5.73 Å². The van der Waals surface area contributed by atoms with E-state index in [0.29, 0.717) is 25.9 Å². The summed E-state index contributed by atoms with van der Waals surface area (Å²) < 4.78 is 37.7. The van der Waals surface area contributed by atoms with Crippen molar-refractivity contribution < 1.29 is 18.0 Å². The summed E-state index contributed by atoms with van der Waals surface area (Å²) >= 11 is 0. The smallest absolute Gasteiger partial charge is 0.340 e. The molecule has 0 saturated carbocycles. The van der Waals surface area contributed by atoms with Gasteiger partial charge in [-0.15, -0.1) is 0 Å². The minimum Gasteiger partial charge on any atom is -0.340 e. The van der Waals surface area contributed by atoms with Crippen LogP contribution in [0.1, 0.15) is 26.7 Å². The van der Waals surface area contributed by atoms with Crippen molar-refractivity contribution in [2.45, 2.75) is 44.9 Å². The molecule has 1 aliphatic rings. The lowest BCUT2D eigenvalue weighted by Crippen LogP contribution is -2.54. The Morgan fingerprint density at radius 1 is 1.21 bits per heavy atom. The molecule has 1 saturated heterocycles. The Balaban J connectivity index is 2.38. The van der Waals surface area contributed by atoms with Gasteiger partial charge < -0.3 is 10.6 Å². The van der Waals surface area contributed by atoms with Gasteiger partial charge in [0.15, 0.2) is 0 Å². The molecule has 0 aromatic carbocycles. The van der Waals surface area contributed by atoms with Crippen LogP contribution in [-0.4, -0.2) is 60.1 Å². The van der Waals surface area contributed by atoms with Crippen LogP contribution in [0.4, 0.5) is 13.2 Å². The van der Waals surface area contributed by atoms with E-state index >= 15 is 0 Å². The number of hydrogen-bond acceptors (Lipinski definition) is 3. The van der Waals surface area contributed by atoms with Crippen LogP contribution in [0.5, 0.6) is 0 Å². The maximum Gasteiger partial charge on any atom is 0.403 e. The fourth-order valence-electron chi connectivity index (χ4n) is 2.07.